The number of carbonyl (C=O) groups is 7. The highest BCUT2D eigenvalue weighted by Gasteiger charge is 2.59. The molecule has 6 N–H and O–H groups in total. The number of esters is 1. The summed E-state index contributed by atoms with van der Waals surface area (Å²) >= 11 is 0. The number of hydrogen-bond acceptors (Lipinski definition) is 12. The molecule has 5 aliphatic rings. The molecular weight excluding hydrogens is 983 g/mol. The maximum Gasteiger partial charge on any atom is 0.325 e. The van der Waals surface area contributed by atoms with Crippen molar-refractivity contribution in [1.82, 2.24) is 26.2 Å². The van der Waals surface area contributed by atoms with Gasteiger partial charge in [-0.2, -0.15) is 0 Å². The summed E-state index contributed by atoms with van der Waals surface area (Å²) in [5.74, 6) is 0.435. The van der Waals surface area contributed by atoms with Crippen LogP contribution in [0.3, 0.4) is 0 Å². The third-order valence-corrected chi connectivity index (χ3v) is 17.8. The van der Waals surface area contributed by atoms with Gasteiger partial charge in [0, 0.05) is 25.5 Å². The Hall–Kier alpha value is -4.95. The van der Waals surface area contributed by atoms with Crippen molar-refractivity contribution < 1.29 is 60.0 Å². The molecule has 1 saturated heterocycles. The Morgan fingerprint density at radius 3 is 2.21 bits per heavy atom. The molecule has 0 unspecified atom stereocenters. The Balaban J connectivity index is 0.00000163. The van der Waals surface area contributed by atoms with Gasteiger partial charge in [0.25, 0.3) is 5.91 Å². The third kappa shape index (κ3) is 16.1. The van der Waals surface area contributed by atoms with E-state index < -0.39 is 76.0 Å². The van der Waals surface area contributed by atoms with E-state index in [-0.39, 0.29) is 49.8 Å². The number of allylic oxidation sites excluding steroid dienone is 1. The van der Waals surface area contributed by atoms with Crippen LogP contribution in [0.4, 0.5) is 0 Å². The maximum atomic E-state index is 14.2. The third-order valence-electron chi connectivity index (χ3n) is 17.3. The summed E-state index contributed by atoms with van der Waals surface area (Å²) in [4.78, 5) is 94.5. The van der Waals surface area contributed by atoms with Crippen LogP contribution in [0.15, 0.2) is 36.2 Å². The van der Waals surface area contributed by atoms with Crippen molar-refractivity contribution in [3.05, 3.63) is 41.7 Å². The molecule has 1 aliphatic heterocycles. The molecule has 12 atom stereocenters. The number of fused-ring (bicyclic) bond motifs is 5. The molecule has 4 aliphatic carbocycles. The van der Waals surface area contributed by atoms with Gasteiger partial charge >= 0.3 is 5.97 Å². The topological polar surface area (TPSA) is 276 Å². The zero-order valence-corrected chi connectivity index (χ0v) is 46.9. The van der Waals surface area contributed by atoms with Crippen LogP contribution >= 0.6 is 0 Å². The number of likely N-dealkylation sites (tertiary alicyclic amines) is 1. The summed E-state index contributed by atoms with van der Waals surface area (Å²) < 4.78 is 38.8. The average molecular weight is 1070 g/mol. The Bertz CT molecular complexity index is 2360. The second-order valence-corrected chi connectivity index (χ2v) is 24.6. The fourth-order valence-corrected chi connectivity index (χ4v) is 13.4. The van der Waals surface area contributed by atoms with Crippen molar-refractivity contribution >= 4 is 51.8 Å². The molecule has 1 aromatic heterocycles. The van der Waals surface area contributed by atoms with E-state index in [1.165, 1.54) is 55.9 Å². The molecule has 4 fully saturated rings. The van der Waals surface area contributed by atoms with Gasteiger partial charge < -0.3 is 41.2 Å². The number of carbonyl (C=O) groups excluding carboxylic acids is 7. The lowest BCUT2D eigenvalue weighted by atomic mass is 9.47. The van der Waals surface area contributed by atoms with Gasteiger partial charge in [0.2, 0.25) is 39.9 Å². The predicted molar refractivity (Wildman–Crippen MR) is 279 cm³/mol. The van der Waals surface area contributed by atoms with Crippen LogP contribution in [0.2, 0.25) is 0 Å². The number of hydrogen-bond donors (Lipinski definition) is 5. The number of pyridine rings is 1. The predicted octanol–water partition coefficient (Wildman–Crippen LogP) is 4.67. The summed E-state index contributed by atoms with van der Waals surface area (Å²) in [6, 6.07) is -0.925. The largest absolute Gasteiger partial charge is 0.726 e. The van der Waals surface area contributed by atoms with E-state index in [0.717, 1.165) is 56.5 Å². The smallest absolute Gasteiger partial charge is 0.325 e. The minimum Gasteiger partial charge on any atom is -0.726 e. The Kier molecular flexibility index (Phi) is 21.4. The molecule has 0 spiro atoms. The average Bonchev–Trinajstić information content (AvgIpc) is 3.98. The van der Waals surface area contributed by atoms with Crippen LogP contribution in [0.25, 0.3) is 0 Å². The zero-order valence-electron chi connectivity index (χ0n) is 46.1. The highest BCUT2D eigenvalue weighted by molar-refractivity contribution is 7.80. The van der Waals surface area contributed by atoms with E-state index >= 15 is 0 Å². The van der Waals surface area contributed by atoms with Crippen LogP contribution in [0.5, 0.6) is 0 Å². The number of nitrogens with one attached hydrogen (secondary N) is 4. The van der Waals surface area contributed by atoms with Gasteiger partial charge in [-0.05, 0) is 136 Å². The van der Waals surface area contributed by atoms with E-state index in [9.17, 15) is 46.5 Å². The molecule has 6 amide bonds. The molecule has 0 radical (unpaired) electrons. The first-order valence-corrected chi connectivity index (χ1v) is 28.6. The number of ether oxygens (including phenoxy) is 1. The number of rotatable bonds is 21. The molecule has 2 heterocycles. The van der Waals surface area contributed by atoms with Crippen LogP contribution in [0, 0.1) is 52.3 Å². The first kappa shape index (κ1) is 60.9. The first-order chi connectivity index (χ1) is 35.2. The lowest BCUT2D eigenvalue weighted by Gasteiger charge is -2.58. The van der Waals surface area contributed by atoms with Gasteiger partial charge in [-0.3, -0.25) is 37.7 Å². The summed E-state index contributed by atoms with van der Waals surface area (Å²) in [6.45, 7) is 17.5. The Morgan fingerprint density at radius 1 is 0.880 bits per heavy atom. The molecule has 420 valence electrons. The summed E-state index contributed by atoms with van der Waals surface area (Å²) in [5.41, 5.74) is 7.72. The van der Waals surface area contributed by atoms with Crippen molar-refractivity contribution in [3.8, 4) is 0 Å². The summed E-state index contributed by atoms with van der Waals surface area (Å²) in [6.07, 6.45) is 17.9. The molecule has 20 heteroatoms. The van der Waals surface area contributed by atoms with Crippen molar-refractivity contribution in [3.63, 3.8) is 0 Å². The minimum atomic E-state index is -4.41. The van der Waals surface area contributed by atoms with Crippen LogP contribution < -0.4 is 31.6 Å². The number of aryl methyl sites for hydroxylation is 1. The second-order valence-electron chi connectivity index (χ2n) is 23.5. The lowest BCUT2D eigenvalue weighted by Crippen LogP contribution is -2.58. The van der Waals surface area contributed by atoms with E-state index in [2.05, 4.69) is 66.1 Å². The lowest BCUT2D eigenvalue weighted by molar-refractivity contribution is -0.671. The molecule has 75 heavy (non-hydrogen) atoms. The number of aromatic nitrogens is 1. The Labute approximate surface area is 445 Å². The monoisotopic (exact) mass is 1070 g/mol. The fraction of sp³-hybridized carbons (Fsp3) is 0.745. The molecule has 0 bridgehead atoms. The number of primary amides is 1. The molecule has 3 saturated carbocycles. The molecular formula is C55H87N7O12S. The molecule has 19 nitrogen and oxygen atoms in total. The second kappa shape index (κ2) is 26.4. The first-order valence-electron chi connectivity index (χ1n) is 27.3. The quantitative estimate of drug-likeness (QED) is 0.0369. The van der Waals surface area contributed by atoms with E-state index in [1.807, 2.05) is 13.8 Å². The number of nitrogens with two attached hydrogens (primary N) is 1. The summed E-state index contributed by atoms with van der Waals surface area (Å²) in [7, 11) is -1.84. The highest BCUT2D eigenvalue weighted by Crippen LogP contribution is 2.67. The molecule has 6 rings (SSSR count). The van der Waals surface area contributed by atoms with E-state index in [0.29, 0.717) is 35.7 Å². The summed E-state index contributed by atoms with van der Waals surface area (Å²) in [5, 5.41) is 10.8. The molecule has 0 aromatic carbocycles. The molecule has 1 aromatic rings. The van der Waals surface area contributed by atoms with Gasteiger partial charge in [-0.25, -0.2) is 13.0 Å². The van der Waals surface area contributed by atoms with Gasteiger partial charge in [-0.1, -0.05) is 73.0 Å². The van der Waals surface area contributed by atoms with Gasteiger partial charge in [-0.15, -0.1) is 0 Å². The number of amides is 6. The SMILES string of the molecule is CC(C)CC[C@@H](C)[C@H]1CC[C@H]2[C@@H]3CC=C4C[C@H](OC(=O)CNC(=O)[C@@H]5CCCN5C(=O)[C@H](CC(C)C)NC(=O)[C@H](CCC(N)=O)NC(=O)[C@H](C)NC(=O)c5ccc[n+](C)c5)CC[C@]4(C)[C@H]3CC[C@]12C.COS(=O)(=O)[O-]. The fourth-order valence-electron chi connectivity index (χ4n) is 13.4. The number of nitrogens with zero attached hydrogens (tertiary/aromatic N) is 2. The standard InChI is InChI=1S/C54H83N7O8.CH4O4S/c1-32(2)14-15-34(5)40-18-19-41-39-17-16-37-29-38(22-24-53(37,7)42(39)23-25-54(40,41)8)69-47(63)30-56-51(67)45-13-11-27-61(45)52(68)44(28-33(3)4)59-50(66)43(20-21-46(55)62)58-48(64)35(6)57-49(65)36-12-10-26-60(9)31-36;1-5-6(2,3)4/h10,12,16,26,31-35,38-45H,11,13-15,17-25,27-30H2,1-9H3,(H5-,55,56,57,58,59,62,64,65,66,67);1H3,(H,2,3,4)/t34-,35+,38-,39+,40-,41+,42+,43+,44+,45+,53+,54-;/m1./s1. The highest BCUT2D eigenvalue weighted by atomic mass is 32.3. The van der Waals surface area contributed by atoms with Gasteiger partial charge in [0.1, 0.15) is 49.4 Å². The van der Waals surface area contributed by atoms with Crippen molar-refractivity contribution in [2.45, 2.75) is 182 Å². The van der Waals surface area contributed by atoms with Crippen LogP contribution in [-0.4, -0.2) is 110 Å². The maximum absolute atomic E-state index is 14.2. The van der Waals surface area contributed by atoms with Crippen molar-refractivity contribution in [2.24, 2.45) is 65.0 Å². The Morgan fingerprint density at radius 2 is 1.57 bits per heavy atom. The normalized spacial score (nSPS) is 27.6. The zero-order chi connectivity index (χ0) is 55.6. The van der Waals surface area contributed by atoms with Gasteiger partial charge in [0.05, 0.1) is 7.11 Å². The van der Waals surface area contributed by atoms with Crippen LogP contribution in [-0.2, 0) is 55.1 Å². The van der Waals surface area contributed by atoms with E-state index in [4.69, 9.17) is 10.5 Å². The van der Waals surface area contributed by atoms with Crippen molar-refractivity contribution in [2.75, 3.05) is 20.2 Å². The van der Waals surface area contributed by atoms with Crippen LogP contribution in [0.1, 0.15) is 162 Å². The van der Waals surface area contributed by atoms with Crippen molar-refractivity contribution in [1.29, 1.82) is 0 Å². The van der Waals surface area contributed by atoms with E-state index in [1.54, 1.807) is 36.1 Å². The minimum absolute atomic E-state index is 0.0484. The van der Waals surface area contributed by atoms with Gasteiger partial charge in [0.15, 0.2) is 12.4 Å².